The van der Waals surface area contributed by atoms with Crippen molar-refractivity contribution in [2.75, 3.05) is 25.4 Å². The summed E-state index contributed by atoms with van der Waals surface area (Å²) in [4.78, 5) is 16.3. The maximum atomic E-state index is 12.1. The molecular weight excluding hydrogens is 316 g/mol. The zero-order valence-electron chi connectivity index (χ0n) is 13.0. The van der Waals surface area contributed by atoms with E-state index in [1.54, 1.807) is 10.6 Å². The van der Waals surface area contributed by atoms with E-state index in [0.717, 1.165) is 18.4 Å². The van der Waals surface area contributed by atoms with E-state index < -0.39 is 10.0 Å². The van der Waals surface area contributed by atoms with Gasteiger partial charge in [0, 0.05) is 32.0 Å². The van der Waals surface area contributed by atoms with Crippen molar-refractivity contribution in [3.05, 3.63) is 35.8 Å². The van der Waals surface area contributed by atoms with E-state index in [1.807, 2.05) is 25.3 Å². The lowest BCUT2D eigenvalue weighted by molar-refractivity contribution is 0.0951. The molecule has 0 unspecified atom stereocenters. The van der Waals surface area contributed by atoms with Crippen LogP contribution in [0.1, 0.15) is 28.9 Å². The third-order valence-electron chi connectivity index (χ3n) is 3.94. The highest BCUT2D eigenvalue weighted by Crippen LogP contribution is 2.12. The van der Waals surface area contributed by atoms with Gasteiger partial charge in [0.05, 0.1) is 5.75 Å². The largest absolute Gasteiger partial charge is 0.350 e. The number of carbonyl (C=O) groups is 1. The molecule has 8 heteroatoms. The Labute approximate surface area is 135 Å². The predicted molar refractivity (Wildman–Crippen MR) is 86.9 cm³/mol. The average Bonchev–Trinajstić information content (AvgIpc) is 3.16. The highest BCUT2D eigenvalue weighted by Gasteiger charge is 2.25. The average molecular weight is 336 g/mol. The predicted octanol–water partition coefficient (Wildman–Crippen LogP) is 0.798. The van der Waals surface area contributed by atoms with Gasteiger partial charge < -0.3 is 9.72 Å². The fourth-order valence-electron chi connectivity index (χ4n) is 2.69. The number of aryl methyl sites for hydroxylation is 1. The molecule has 0 aliphatic carbocycles. The summed E-state index contributed by atoms with van der Waals surface area (Å²) >= 11 is 0. The number of sulfonamides is 1. The Morgan fingerprint density at radius 3 is 2.74 bits per heavy atom. The molecule has 3 heterocycles. The number of carbonyl (C=O) groups excluding carboxylic acids is 1. The summed E-state index contributed by atoms with van der Waals surface area (Å²) in [7, 11) is -3.28. The van der Waals surface area contributed by atoms with Crippen LogP contribution in [0.2, 0.25) is 0 Å². The molecule has 124 valence electrons. The molecule has 0 bridgehead atoms. The zero-order valence-corrected chi connectivity index (χ0v) is 13.8. The molecule has 3 rings (SSSR count). The minimum absolute atomic E-state index is 0.0782. The van der Waals surface area contributed by atoms with Gasteiger partial charge in [0.25, 0.3) is 5.91 Å². The molecule has 1 N–H and O–H groups in total. The van der Waals surface area contributed by atoms with Crippen LogP contribution in [0.5, 0.6) is 0 Å². The number of pyridine rings is 1. The van der Waals surface area contributed by atoms with E-state index in [2.05, 4.69) is 10.3 Å². The molecule has 1 aliphatic heterocycles. The van der Waals surface area contributed by atoms with Crippen LogP contribution in [0.4, 0.5) is 0 Å². The van der Waals surface area contributed by atoms with Crippen molar-refractivity contribution in [3.8, 4) is 0 Å². The number of hydrogen-bond donors (Lipinski definition) is 1. The van der Waals surface area contributed by atoms with Gasteiger partial charge in [-0.05, 0) is 31.4 Å². The van der Waals surface area contributed by atoms with Crippen molar-refractivity contribution < 1.29 is 13.2 Å². The lowest BCUT2D eigenvalue weighted by Gasteiger charge is -2.15. The maximum Gasteiger partial charge on any atom is 0.271 e. The van der Waals surface area contributed by atoms with Gasteiger partial charge >= 0.3 is 0 Å². The molecule has 1 saturated heterocycles. The highest BCUT2D eigenvalue weighted by atomic mass is 32.2. The van der Waals surface area contributed by atoms with Crippen LogP contribution in [0.25, 0.3) is 5.65 Å². The van der Waals surface area contributed by atoms with E-state index in [1.165, 1.54) is 4.31 Å². The summed E-state index contributed by atoms with van der Waals surface area (Å²) in [6.45, 7) is 3.22. The van der Waals surface area contributed by atoms with E-state index in [9.17, 15) is 13.2 Å². The van der Waals surface area contributed by atoms with E-state index >= 15 is 0 Å². The minimum Gasteiger partial charge on any atom is -0.350 e. The maximum absolute atomic E-state index is 12.1. The van der Waals surface area contributed by atoms with Crippen LogP contribution in [-0.4, -0.2) is 53.4 Å². The quantitative estimate of drug-likeness (QED) is 0.875. The Balaban J connectivity index is 1.60. The Hall–Kier alpha value is -1.93. The van der Waals surface area contributed by atoms with Gasteiger partial charge in [-0.1, -0.05) is 6.07 Å². The monoisotopic (exact) mass is 336 g/mol. The molecule has 0 aromatic carbocycles. The first-order chi connectivity index (χ1) is 11.0. The number of nitrogens with zero attached hydrogens (tertiary/aromatic N) is 3. The highest BCUT2D eigenvalue weighted by molar-refractivity contribution is 7.89. The van der Waals surface area contributed by atoms with Crippen LogP contribution in [-0.2, 0) is 10.0 Å². The summed E-state index contributed by atoms with van der Waals surface area (Å²) in [6, 6.07) is 3.76. The third-order valence-corrected chi connectivity index (χ3v) is 5.81. The minimum atomic E-state index is -3.28. The fraction of sp³-hybridized carbons (Fsp3) is 0.467. The molecule has 1 amide bonds. The van der Waals surface area contributed by atoms with Crippen molar-refractivity contribution >= 4 is 21.6 Å². The molecule has 1 fully saturated rings. The zero-order chi connectivity index (χ0) is 16.4. The number of imidazole rings is 1. The van der Waals surface area contributed by atoms with Crippen LogP contribution in [0, 0.1) is 6.92 Å². The van der Waals surface area contributed by atoms with E-state index in [0.29, 0.717) is 18.7 Å². The molecule has 2 aromatic heterocycles. The van der Waals surface area contributed by atoms with Gasteiger partial charge in [-0.25, -0.2) is 17.7 Å². The first kappa shape index (κ1) is 15.9. The Kier molecular flexibility index (Phi) is 4.36. The van der Waals surface area contributed by atoms with E-state index in [-0.39, 0.29) is 23.9 Å². The first-order valence-corrected chi connectivity index (χ1v) is 9.28. The molecule has 7 nitrogen and oxygen atoms in total. The van der Waals surface area contributed by atoms with Gasteiger partial charge in [-0.15, -0.1) is 0 Å². The second-order valence-electron chi connectivity index (χ2n) is 5.78. The van der Waals surface area contributed by atoms with Gasteiger partial charge in [0.15, 0.2) is 0 Å². The number of hydrogen-bond acceptors (Lipinski definition) is 4. The summed E-state index contributed by atoms with van der Waals surface area (Å²) in [5.41, 5.74) is 2.04. The van der Waals surface area contributed by atoms with E-state index in [4.69, 9.17) is 0 Å². The van der Waals surface area contributed by atoms with Crippen molar-refractivity contribution in [3.63, 3.8) is 0 Å². The van der Waals surface area contributed by atoms with Crippen LogP contribution in [0.3, 0.4) is 0 Å². The molecular formula is C15H20N4O3S. The molecule has 0 atom stereocenters. The SMILES string of the molecule is Cc1ccc2nc(C(=O)NCCS(=O)(=O)N3CCCC3)cn2c1. The lowest BCUT2D eigenvalue weighted by atomic mass is 10.3. The smallest absolute Gasteiger partial charge is 0.271 e. The fourth-order valence-corrected chi connectivity index (χ4v) is 4.12. The number of fused-ring (bicyclic) bond motifs is 1. The second-order valence-corrected chi connectivity index (χ2v) is 7.86. The van der Waals surface area contributed by atoms with Crippen molar-refractivity contribution in [1.82, 2.24) is 19.0 Å². The summed E-state index contributed by atoms with van der Waals surface area (Å²) in [6.07, 6.45) is 5.35. The molecule has 1 aliphatic rings. The molecule has 0 spiro atoms. The van der Waals surface area contributed by atoms with Crippen LogP contribution >= 0.6 is 0 Å². The standard InChI is InChI=1S/C15H20N4O3S/c1-12-4-5-14-17-13(11-18(14)10-12)15(20)16-6-9-23(21,22)19-7-2-3-8-19/h4-5,10-11H,2-3,6-9H2,1H3,(H,16,20). The molecule has 0 radical (unpaired) electrons. The topological polar surface area (TPSA) is 83.8 Å². The summed E-state index contributed by atoms with van der Waals surface area (Å²) in [5.74, 6) is -0.437. The Morgan fingerprint density at radius 2 is 2.00 bits per heavy atom. The summed E-state index contributed by atoms with van der Waals surface area (Å²) < 4.78 is 27.4. The molecule has 0 saturated carbocycles. The van der Waals surface area contributed by atoms with Crippen LogP contribution in [0.15, 0.2) is 24.5 Å². The summed E-state index contributed by atoms with van der Waals surface area (Å²) in [5, 5.41) is 2.63. The Bertz CT molecular complexity index is 822. The Morgan fingerprint density at radius 1 is 1.26 bits per heavy atom. The van der Waals surface area contributed by atoms with Crippen molar-refractivity contribution in [2.24, 2.45) is 0 Å². The van der Waals surface area contributed by atoms with Gasteiger partial charge in [0.2, 0.25) is 10.0 Å². The normalized spacial score (nSPS) is 16.0. The molecule has 23 heavy (non-hydrogen) atoms. The first-order valence-electron chi connectivity index (χ1n) is 7.67. The molecule has 2 aromatic rings. The van der Waals surface area contributed by atoms with Crippen molar-refractivity contribution in [2.45, 2.75) is 19.8 Å². The van der Waals surface area contributed by atoms with Gasteiger partial charge in [0.1, 0.15) is 11.3 Å². The number of amides is 1. The van der Waals surface area contributed by atoms with Crippen LogP contribution < -0.4 is 5.32 Å². The number of rotatable bonds is 5. The van der Waals surface area contributed by atoms with Gasteiger partial charge in [-0.2, -0.15) is 0 Å². The van der Waals surface area contributed by atoms with Crippen molar-refractivity contribution in [1.29, 1.82) is 0 Å². The lowest BCUT2D eigenvalue weighted by Crippen LogP contribution is -2.36. The third kappa shape index (κ3) is 3.53. The number of nitrogens with one attached hydrogen (secondary N) is 1. The second kappa shape index (κ2) is 6.29. The number of aromatic nitrogens is 2. The van der Waals surface area contributed by atoms with Gasteiger partial charge in [-0.3, -0.25) is 4.79 Å².